The number of aliphatic imine (C=N–C) groups is 1. The fraction of sp³-hybridized carbons (Fsp3) is 0.938. The second kappa shape index (κ2) is 14.5. The second-order valence-electron chi connectivity index (χ2n) is 6.57. The van der Waals surface area contributed by atoms with Crippen molar-refractivity contribution in [1.82, 2.24) is 15.5 Å². The van der Waals surface area contributed by atoms with E-state index in [0.717, 1.165) is 51.6 Å². The van der Waals surface area contributed by atoms with Crippen LogP contribution >= 0.6 is 24.0 Å². The van der Waals surface area contributed by atoms with Crippen LogP contribution in [-0.4, -0.2) is 64.9 Å². The van der Waals surface area contributed by atoms with Gasteiger partial charge in [-0.15, -0.1) is 24.0 Å². The zero-order valence-corrected chi connectivity index (χ0v) is 17.7. The van der Waals surface area contributed by atoms with Gasteiger partial charge in [-0.25, -0.2) is 0 Å². The predicted molar refractivity (Wildman–Crippen MR) is 107 cm³/mol. The van der Waals surface area contributed by atoms with Gasteiger partial charge in [0.05, 0.1) is 0 Å². The normalized spacial score (nSPS) is 12.2. The van der Waals surface area contributed by atoms with E-state index < -0.39 is 0 Å². The van der Waals surface area contributed by atoms with Crippen molar-refractivity contribution in [3.63, 3.8) is 0 Å². The molecule has 5 nitrogen and oxygen atoms in total. The SMILES string of the molecule is CCCCOCCCNC(=NC)NCC(C)(C)CN(C)C.I. The third-order valence-electron chi connectivity index (χ3n) is 3.10. The van der Waals surface area contributed by atoms with Crippen LogP contribution in [0, 0.1) is 5.41 Å². The van der Waals surface area contributed by atoms with Gasteiger partial charge < -0.3 is 20.3 Å². The van der Waals surface area contributed by atoms with E-state index in [1.807, 2.05) is 7.05 Å². The summed E-state index contributed by atoms with van der Waals surface area (Å²) in [7, 11) is 6.02. The van der Waals surface area contributed by atoms with Crippen LogP contribution in [-0.2, 0) is 4.74 Å². The van der Waals surface area contributed by atoms with Crippen LogP contribution in [0.1, 0.15) is 40.0 Å². The Morgan fingerprint density at radius 3 is 2.32 bits per heavy atom. The van der Waals surface area contributed by atoms with Gasteiger partial charge in [0.2, 0.25) is 0 Å². The molecule has 0 radical (unpaired) electrons. The van der Waals surface area contributed by atoms with Crippen molar-refractivity contribution in [1.29, 1.82) is 0 Å². The molecule has 0 aliphatic carbocycles. The molecule has 0 aliphatic rings. The van der Waals surface area contributed by atoms with Crippen molar-refractivity contribution < 1.29 is 4.74 Å². The van der Waals surface area contributed by atoms with Crippen LogP contribution < -0.4 is 10.6 Å². The molecule has 0 saturated heterocycles. The summed E-state index contributed by atoms with van der Waals surface area (Å²) in [5.41, 5.74) is 0.213. The van der Waals surface area contributed by atoms with E-state index in [2.05, 4.69) is 55.4 Å². The molecule has 0 atom stereocenters. The van der Waals surface area contributed by atoms with E-state index in [1.54, 1.807) is 0 Å². The topological polar surface area (TPSA) is 48.9 Å². The highest BCUT2D eigenvalue weighted by Gasteiger charge is 2.19. The van der Waals surface area contributed by atoms with Crippen LogP contribution in [0.2, 0.25) is 0 Å². The van der Waals surface area contributed by atoms with Crippen molar-refractivity contribution in [2.45, 2.75) is 40.0 Å². The van der Waals surface area contributed by atoms with Crippen molar-refractivity contribution >= 4 is 29.9 Å². The first-order chi connectivity index (χ1) is 9.91. The summed E-state index contributed by atoms with van der Waals surface area (Å²) in [5.74, 6) is 0.871. The third kappa shape index (κ3) is 14.8. The number of hydrogen-bond donors (Lipinski definition) is 2. The molecule has 6 heteroatoms. The Kier molecular flexibility index (Phi) is 15.9. The van der Waals surface area contributed by atoms with Crippen LogP contribution in [0.3, 0.4) is 0 Å². The Labute approximate surface area is 154 Å². The number of unbranched alkanes of at least 4 members (excludes halogenated alkanes) is 1. The minimum atomic E-state index is 0. The summed E-state index contributed by atoms with van der Waals surface area (Å²) in [4.78, 5) is 6.47. The molecule has 22 heavy (non-hydrogen) atoms. The fourth-order valence-corrected chi connectivity index (χ4v) is 2.19. The molecule has 0 aromatic heterocycles. The lowest BCUT2D eigenvalue weighted by Crippen LogP contribution is -2.45. The Hall–Kier alpha value is -0.0800. The second-order valence-corrected chi connectivity index (χ2v) is 6.57. The zero-order valence-electron chi connectivity index (χ0n) is 15.4. The van der Waals surface area contributed by atoms with Crippen molar-refractivity contribution in [2.24, 2.45) is 10.4 Å². The van der Waals surface area contributed by atoms with Crippen molar-refractivity contribution in [3.8, 4) is 0 Å². The summed E-state index contributed by atoms with van der Waals surface area (Å²) in [6.45, 7) is 11.2. The summed E-state index contributed by atoms with van der Waals surface area (Å²) in [6.07, 6.45) is 3.35. The molecule has 0 aromatic carbocycles. The molecule has 0 amide bonds. The maximum atomic E-state index is 5.54. The van der Waals surface area contributed by atoms with Gasteiger partial charge in [-0.2, -0.15) is 0 Å². The maximum absolute atomic E-state index is 5.54. The van der Waals surface area contributed by atoms with Gasteiger partial charge in [-0.05, 0) is 32.4 Å². The molecule has 134 valence electrons. The largest absolute Gasteiger partial charge is 0.381 e. The van der Waals surface area contributed by atoms with Crippen molar-refractivity contribution in [2.75, 3.05) is 54.0 Å². The minimum Gasteiger partial charge on any atom is -0.381 e. The molecule has 0 spiro atoms. The van der Waals surface area contributed by atoms with Crippen LogP contribution in [0.25, 0.3) is 0 Å². The number of nitrogens with zero attached hydrogens (tertiary/aromatic N) is 2. The summed E-state index contributed by atoms with van der Waals surface area (Å²) >= 11 is 0. The number of hydrogen-bond acceptors (Lipinski definition) is 3. The average molecular weight is 428 g/mol. The van der Waals surface area contributed by atoms with Gasteiger partial charge in [0.1, 0.15) is 0 Å². The highest BCUT2D eigenvalue weighted by Crippen LogP contribution is 2.13. The van der Waals surface area contributed by atoms with Gasteiger partial charge in [0, 0.05) is 39.9 Å². The van der Waals surface area contributed by atoms with Crippen LogP contribution in [0.5, 0.6) is 0 Å². The molecule has 0 unspecified atom stereocenters. The Morgan fingerprint density at radius 1 is 1.14 bits per heavy atom. The summed E-state index contributed by atoms with van der Waals surface area (Å²) < 4.78 is 5.54. The highest BCUT2D eigenvalue weighted by atomic mass is 127. The number of nitrogens with one attached hydrogen (secondary N) is 2. The van der Waals surface area contributed by atoms with E-state index in [-0.39, 0.29) is 29.4 Å². The molecule has 0 heterocycles. The molecule has 0 fully saturated rings. The summed E-state index contributed by atoms with van der Waals surface area (Å²) in [6, 6.07) is 0. The number of ether oxygens (including phenoxy) is 1. The van der Waals surface area contributed by atoms with Gasteiger partial charge in [-0.1, -0.05) is 27.2 Å². The Bertz CT molecular complexity index is 283. The first-order valence-corrected chi connectivity index (χ1v) is 8.08. The van der Waals surface area contributed by atoms with Crippen molar-refractivity contribution in [3.05, 3.63) is 0 Å². The molecule has 0 aromatic rings. The van der Waals surface area contributed by atoms with E-state index in [9.17, 15) is 0 Å². The smallest absolute Gasteiger partial charge is 0.190 e. The van der Waals surface area contributed by atoms with Gasteiger partial charge >= 0.3 is 0 Å². The zero-order chi connectivity index (χ0) is 16.1. The lowest BCUT2D eigenvalue weighted by atomic mass is 9.93. The lowest BCUT2D eigenvalue weighted by molar-refractivity contribution is 0.129. The van der Waals surface area contributed by atoms with Gasteiger partial charge in [-0.3, -0.25) is 4.99 Å². The maximum Gasteiger partial charge on any atom is 0.190 e. The molecule has 0 saturated carbocycles. The fourth-order valence-electron chi connectivity index (χ4n) is 2.19. The van der Waals surface area contributed by atoms with Gasteiger partial charge in [0.15, 0.2) is 5.96 Å². The van der Waals surface area contributed by atoms with Gasteiger partial charge in [0.25, 0.3) is 0 Å². The molecule has 2 N–H and O–H groups in total. The van der Waals surface area contributed by atoms with E-state index in [1.165, 1.54) is 6.42 Å². The average Bonchev–Trinajstić information content (AvgIpc) is 2.39. The Morgan fingerprint density at radius 2 is 1.77 bits per heavy atom. The first kappa shape index (κ1) is 24.2. The lowest BCUT2D eigenvalue weighted by Gasteiger charge is -2.29. The van der Waals surface area contributed by atoms with E-state index in [4.69, 9.17) is 4.74 Å². The highest BCUT2D eigenvalue weighted by molar-refractivity contribution is 14.0. The van der Waals surface area contributed by atoms with Crippen LogP contribution in [0.15, 0.2) is 4.99 Å². The van der Waals surface area contributed by atoms with E-state index in [0.29, 0.717) is 0 Å². The Balaban J connectivity index is 0. The third-order valence-corrected chi connectivity index (χ3v) is 3.10. The summed E-state index contributed by atoms with van der Waals surface area (Å²) in [5, 5.41) is 6.73. The molecular formula is C16H37IN4O. The van der Waals surface area contributed by atoms with Crippen LogP contribution in [0.4, 0.5) is 0 Å². The standard InChI is InChI=1S/C16H36N4O.HI/c1-7-8-11-21-12-9-10-18-15(17-4)19-13-16(2,3)14-20(5)6;/h7-14H2,1-6H3,(H2,17,18,19);1H. The quantitative estimate of drug-likeness (QED) is 0.230. The predicted octanol–water partition coefficient (Wildman–Crippen LogP) is 2.56. The monoisotopic (exact) mass is 428 g/mol. The molecule has 0 bridgehead atoms. The molecule has 0 rings (SSSR count). The number of guanidine groups is 1. The van der Waals surface area contributed by atoms with E-state index >= 15 is 0 Å². The minimum absolute atomic E-state index is 0. The number of rotatable bonds is 11. The molecular weight excluding hydrogens is 391 g/mol. The number of halogens is 1. The molecule has 0 aliphatic heterocycles. The first-order valence-electron chi connectivity index (χ1n) is 8.08.